The highest BCUT2D eigenvalue weighted by Gasteiger charge is 2.32. The SMILES string of the molecule is C=CCN1C(=O)/C(=C/c2ccccc2OC(=O)N(CC)CC)C(=O)NC1=S. The van der Waals surface area contributed by atoms with Gasteiger partial charge in [0.1, 0.15) is 11.3 Å². The van der Waals surface area contributed by atoms with Gasteiger partial charge in [0.05, 0.1) is 0 Å². The van der Waals surface area contributed by atoms with Crippen LogP contribution in [0.25, 0.3) is 6.08 Å². The molecule has 0 atom stereocenters. The number of amides is 3. The first kappa shape index (κ1) is 20.3. The number of hydrogen-bond donors (Lipinski definition) is 1. The van der Waals surface area contributed by atoms with Crippen LogP contribution in [-0.4, -0.2) is 52.5 Å². The first-order valence-electron chi connectivity index (χ1n) is 8.48. The molecule has 0 bridgehead atoms. The lowest BCUT2D eigenvalue weighted by atomic mass is 10.1. The van der Waals surface area contributed by atoms with Crippen LogP contribution in [0.2, 0.25) is 0 Å². The number of thiocarbonyl (C=S) groups is 1. The van der Waals surface area contributed by atoms with Crippen LogP contribution in [0.5, 0.6) is 5.75 Å². The molecule has 1 heterocycles. The van der Waals surface area contributed by atoms with Gasteiger partial charge in [0.15, 0.2) is 5.11 Å². The summed E-state index contributed by atoms with van der Waals surface area (Å²) in [7, 11) is 0. The van der Waals surface area contributed by atoms with E-state index in [-0.39, 0.29) is 23.0 Å². The van der Waals surface area contributed by atoms with E-state index in [1.54, 1.807) is 24.3 Å². The molecule has 0 aromatic heterocycles. The Kier molecular flexibility index (Phi) is 6.84. The van der Waals surface area contributed by atoms with Crippen molar-refractivity contribution in [3.05, 3.63) is 48.1 Å². The van der Waals surface area contributed by atoms with Crippen molar-refractivity contribution >= 4 is 41.3 Å². The van der Waals surface area contributed by atoms with Crippen LogP contribution in [0.4, 0.5) is 4.79 Å². The van der Waals surface area contributed by atoms with Crippen LogP contribution in [0.1, 0.15) is 19.4 Å². The fourth-order valence-corrected chi connectivity index (χ4v) is 2.73. The molecule has 1 aromatic rings. The molecule has 8 heteroatoms. The van der Waals surface area contributed by atoms with Gasteiger partial charge in [0.2, 0.25) is 0 Å². The smallest absolute Gasteiger partial charge is 0.410 e. The minimum atomic E-state index is -0.602. The molecule has 0 aliphatic carbocycles. The second-order valence-electron chi connectivity index (χ2n) is 5.60. The molecule has 1 aliphatic rings. The maximum absolute atomic E-state index is 12.6. The summed E-state index contributed by atoms with van der Waals surface area (Å²) >= 11 is 5.03. The van der Waals surface area contributed by atoms with Gasteiger partial charge in [0, 0.05) is 25.2 Å². The molecule has 7 nitrogen and oxygen atoms in total. The Labute approximate surface area is 163 Å². The highest BCUT2D eigenvalue weighted by atomic mass is 32.1. The molecule has 1 fully saturated rings. The van der Waals surface area contributed by atoms with E-state index < -0.39 is 17.9 Å². The Morgan fingerprint density at radius 3 is 2.59 bits per heavy atom. The molecule has 1 aromatic carbocycles. The standard InChI is InChI=1S/C19H21N3O4S/c1-4-11-22-17(24)14(16(23)20-18(22)27)12-13-9-7-8-10-15(13)26-19(25)21(5-2)6-3/h4,7-10,12H,1,5-6,11H2,2-3H3,(H,20,23,27)/b14-12+. The fraction of sp³-hybridized carbons (Fsp3) is 0.263. The lowest BCUT2D eigenvalue weighted by molar-refractivity contribution is -0.128. The van der Waals surface area contributed by atoms with Gasteiger partial charge in [-0.25, -0.2) is 4.79 Å². The largest absolute Gasteiger partial charge is 0.415 e. The molecule has 1 aliphatic heterocycles. The summed E-state index contributed by atoms with van der Waals surface area (Å²) in [5.41, 5.74) is 0.333. The van der Waals surface area contributed by atoms with Gasteiger partial charge in [-0.1, -0.05) is 24.3 Å². The number of carbonyl (C=O) groups excluding carboxylic acids is 3. The van der Waals surface area contributed by atoms with Crippen molar-refractivity contribution in [1.82, 2.24) is 15.1 Å². The Morgan fingerprint density at radius 1 is 1.30 bits per heavy atom. The number of ether oxygens (including phenoxy) is 1. The Bertz CT molecular complexity index is 815. The fourth-order valence-electron chi connectivity index (χ4n) is 2.48. The van der Waals surface area contributed by atoms with E-state index >= 15 is 0 Å². The van der Waals surface area contributed by atoms with Gasteiger partial charge in [-0.15, -0.1) is 6.58 Å². The lowest BCUT2D eigenvalue weighted by Gasteiger charge is -2.27. The number of hydrogen-bond acceptors (Lipinski definition) is 5. The van der Waals surface area contributed by atoms with E-state index in [1.807, 2.05) is 13.8 Å². The van der Waals surface area contributed by atoms with Gasteiger partial charge in [-0.05, 0) is 38.2 Å². The molecule has 27 heavy (non-hydrogen) atoms. The molecule has 0 unspecified atom stereocenters. The van der Waals surface area contributed by atoms with Crippen LogP contribution >= 0.6 is 12.2 Å². The summed E-state index contributed by atoms with van der Waals surface area (Å²) in [5.74, 6) is -0.880. The molecule has 0 saturated carbocycles. The van der Waals surface area contributed by atoms with Crippen LogP contribution in [0, 0.1) is 0 Å². The molecule has 0 spiro atoms. The quantitative estimate of drug-likeness (QED) is 0.351. The molecule has 2 rings (SSSR count). The van der Waals surface area contributed by atoms with Crippen LogP contribution in [0.3, 0.4) is 0 Å². The monoisotopic (exact) mass is 387 g/mol. The Hall–Kier alpha value is -3.00. The molecule has 1 saturated heterocycles. The van der Waals surface area contributed by atoms with Crippen LogP contribution in [0.15, 0.2) is 42.5 Å². The normalized spacial score (nSPS) is 15.6. The average molecular weight is 387 g/mol. The first-order valence-corrected chi connectivity index (χ1v) is 8.89. The summed E-state index contributed by atoms with van der Waals surface area (Å²) in [4.78, 5) is 39.9. The van der Waals surface area contributed by atoms with Gasteiger partial charge in [0.25, 0.3) is 11.8 Å². The average Bonchev–Trinajstić information content (AvgIpc) is 2.64. The maximum Gasteiger partial charge on any atom is 0.415 e. The van der Waals surface area contributed by atoms with Gasteiger partial charge in [-0.2, -0.15) is 0 Å². The van der Waals surface area contributed by atoms with Gasteiger partial charge < -0.3 is 9.64 Å². The second-order valence-corrected chi connectivity index (χ2v) is 5.99. The number of carbonyl (C=O) groups is 3. The zero-order valence-corrected chi connectivity index (χ0v) is 16.0. The van der Waals surface area contributed by atoms with E-state index in [9.17, 15) is 14.4 Å². The van der Waals surface area contributed by atoms with Crippen molar-refractivity contribution in [1.29, 1.82) is 0 Å². The molecular weight excluding hydrogens is 366 g/mol. The molecule has 0 radical (unpaired) electrons. The predicted molar refractivity (Wildman–Crippen MR) is 106 cm³/mol. The van der Waals surface area contributed by atoms with Crippen molar-refractivity contribution in [3.63, 3.8) is 0 Å². The maximum atomic E-state index is 12.6. The topological polar surface area (TPSA) is 79.0 Å². The highest BCUT2D eigenvalue weighted by Crippen LogP contribution is 2.23. The Balaban J connectivity index is 2.36. The van der Waals surface area contributed by atoms with Crippen molar-refractivity contribution in [2.24, 2.45) is 0 Å². The third-order valence-electron chi connectivity index (χ3n) is 3.94. The van der Waals surface area contributed by atoms with Crippen LogP contribution < -0.4 is 10.1 Å². The van der Waals surface area contributed by atoms with E-state index in [0.29, 0.717) is 18.7 Å². The first-order chi connectivity index (χ1) is 12.9. The van der Waals surface area contributed by atoms with E-state index in [2.05, 4.69) is 11.9 Å². The number of benzene rings is 1. The number of para-hydroxylation sites is 1. The van der Waals surface area contributed by atoms with Crippen molar-refractivity contribution in [2.45, 2.75) is 13.8 Å². The third-order valence-corrected chi connectivity index (χ3v) is 4.26. The molecule has 1 N–H and O–H groups in total. The summed E-state index contributed by atoms with van der Waals surface area (Å²) in [5, 5.41) is 2.51. The van der Waals surface area contributed by atoms with E-state index in [1.165, 1.54) is 22.0 Å². The van der Waals surface area contributed by atoms with Gasteiger partial charge in [-0.3, -0.25) is 19.8 Å². The summed E-state index contributed by atoms with van der Waals surface area (Å²) in [6, 6.07) is 6.68. The highest BCUT2D eigenvalue weighted by molar-refractivity contribution is 7.80. The Morgan fingerprint density at radius 2 is 1.96 bits per heavy atom. The lowest BCUT2D eigenvalue weighted by Crippen LogP contribution is -2.53. The summed E-state index contributed by atoms with van der Waals surface area (Å²) in [6.07, 6.45) is 2.40. The number of nitrogens with one attached hydrogen (secondary N) is 1. The van der Waals surface area contributed by atoms with E-state index in [0.717, 1.165) is 0 Å². The number of rotatable bonds is 6. The number of nitrogens with zero attached hydrogens (tertiary/aromatic N) is 2. The van der Waals surface area contributed by atoms with Crippen molar-refractivity contribution in [2.75, 3.05) is 19.6 Å². The zero-order valence-electron chi connectivity index (χ0n) is 15.2. The summed E-state index contributed by atoms with van der Waals surface area (Å²) in [6.45, 7) is 8.47. The van der Waals surface area contributed by atoms with E-state index in [4.69, 9.17) is 17.0 Å². The minimum Gasteiger partial charge on any atom is -0.410 e. The van der Waals surface area contributed by atoms with Crippen molar-refractivity contribution < 1.29 is 19.1 Å². The minimum absolute atomic E-state index is 0.0308. The zero-order chi connectivity index (χ0) is 20.0. The third kappa shape index (κ3) is 4.59. The molecular formula is C19H21N3O4S. The van der Waals surface area contributed by atoms with Crippen LogP contribution in [-0.2, 0) is 9.59 Å². The summed E-state index contributed by atoms with van der Waals surface area (Å²) < 4.78 is 5.44. The van der Waals surface area contributed by atoms with Gasteiger partial charge >= 0.3 is 6.09 Å². The molecule has 3 amide bonds. The second kappa shape index (κ2) is 9.09. The molecule has 142 valence electrons. The predicted octanol–water partition coefficient (Wildman–Crippen LogP) is 2.34. The van der Waals surface area contributed by atoms with Crippen molar-refractivity contribution in [3.8, 4) is 5.75 Å².